The van der Waals surface area contributed by atoms with Crippen molar-refractivity contribution in [3.05, 3.63) is 11.7 Å². The molecule has 134 valence electrons. The van der Waals surface area contributed by atoms with E-state index in [9.17, 15) is 0 Å². The fraction of sp³-hybridized carbons (Fsp3) is 0.889. The summed E-state index contributed by atoms with van der Waals surface area (Å²) in [4.78, 5) is 6.94. The summed E-state index contributed by atoms with van der Waals surface area (Å²) in [6.07, 6.45) is 8.21. The second kappa shape index (κ2) is 6.73. The monoisotopic (exact) mass is 335 g/mol. The topological polar surface area (TPSA) is 60.6 Å². The van der Waals surface area contributed by atoms with Crippen molar-refractivity contribution in [1.82, 2.24) is 15.0 Å². The molecule has 0 bridgehead atoms. The second-order valence-electron chi connectivity index (χ2n) is 7.64. The van der Waals surface area contributed by atoms with Crippen LogP contribution >= 0.6 is 0 Å². The van der Waals surface area contributed by atoms with E-state index in [0.717, 1.165) is 69.4 Å². The highest BCUT2D eigenvalue weighted by Gasteiger charge is 2.51. The first-order chi connectivity index (χ1) is 11.7. The van der Waals surface area contributed by atoms with E-state index in [2.05, 4.69) is 15.0 Å². The van der Waals surface area contributed by atoms with Crippen LogP contribution in [0, 0.1) is 5.92 Å². The van der Waals surface area contributed by atoms with Crippen LogP contribution in [0.3, 0.4) is 0 Å². The molecule has 4 rings (SSSR count). The second-order valence-corrected chi connectivity index (χ2v) is 7.64. The molecule has 6 heteroatoms. The van der Waals surface area contributed by atoms with Crippen molar-refractivity contribution in [3.8, 4) is 0 Å². The summed E-state index contributed by atoms with van der Waals surface area (Å²) in [5.41, 5.74) is -0.0208. The summed E-state index contributed by atoms with van der Waals surface area (Å²) in [6.45, 7) is 4.74. The van der Waals surface area contributed by atoms with Gasteiger partial charge in [-0.3, -0.25) is 4.90 Å². The van der Waals surface area contributed by atoms with E-state index < -0.39 is 0 Å². The highest BCUT2D eigenvalue weighted by molar-refractivity contribution is 5.06. The van der Waals surface area contributed by atoms with E-state index in [1.54, 1.807) is 0 Å². The van der Waals surface area contributed by atoms with Gasteiger partial charge in [-0.1, -0.05) is 12.1 Å². The maximum absolute atomic E-state index is 6.19. The van der Waals surface area contributed by atoms with Crippen molar-refractivity contribution >= 4 is 0 Å². The van der Waals surface area contributed by atoms with Gasteiger partial charge in [0.25, 0.3) is 0 Å². The molecule has 0 N–H and O–H groups in total. The van der Waals surface area contributed by atoms with Crippen molar-refractivity contribution in [2.75, 3.05) is 20.3 Å². The van der Waals surface area contributed by atoms with Crippen LogP contribution in [0.5, 0.6) is 0 Å². The van der Waals surface area contributed by atoms with Gasteiger partial charge in [0.05, 0.1) is 18.2 Å². The Morgan fingerprint density at radius 2 is 2.17 bits per heavy atom. The third-order valence-corrected chi connectivity index (χ3v) is 6.08. The lowest BCUT2D eigenvalue weighted by atomic mass is 9.79. The molecule has 1 aliphatic heterocycles. The van der Waals surface area contributed by atoms with Crippen molar-refractivity contribution < 1.29 is 14.0 Å². The average molecular weight is 335 g/mol. The fourth-order valence-corrected chi connectivity index (χ4v) is 4.32. The van der Waals surface area contributed by atoms with Crippen molar-refractivity contribution in [2.45, 2.75) is 76.2 Å². The minimum atomic E-state index is -0.0208. The van der Waals surface area contributed by atoms with E-state index >= 15 is 0 Å². The van der Waals surface area contributed by atoms with Gasteiger partial charge < -0.3 is 14.0 Å². The molecule has 3 atom stereocenters. The normalized spacial score (nSPS) is 33.8. The number of ether oxygens (including phenoxy) is 2. The molecule has 0 radical (unpaired) electrons. The Labute approximate surface area is 143 Å². The standard InChI is InChI=1S/C18H29N3O3/c1-3-16-19-17(24-20-16)11-21-9-8-18(22-2)7-6-14(10-15(18)21)23-12-13-4-5-13/h13-15H,3-12H2,1-2H3/t14?,15?,18-/m1/s1. The van der Waals surface area contributed by atoms with Crippen molar-refractivity contribution in [1.29, 1.82) is 0 Å². The van der Waals surface area contributed by atoms with Gasteiger partial charge in [0.1, 0.15) is 0 Å². The van der Waals surface area contributed by atoms with Crippen LogP contribution in [0.15, 0.2) is 4.52 Å². The van der Waals surface area contributed by atoms with Gasteiger partial charge >= 0.3 is 0 Å². The fourth-order valence-electron chi connectivity index (χ4n) is 4.32. The van der Waals surface area contributed by atoms with Gasteiger partial charge in [0, 0.05) is 32.7 Å². The van der Waals surface area contributed by atoms with Crippen LogP contribution in [0.25, 0.3) is 0 Å². The SMILES string of the molecule is CCc1noc(CN2CC[C@]3(OC)CCC(OCC4CC4)CC23)n1. The smallest absolute Gasteiger partial charge is 0.240 e. The molecule has 1 aromatic rings. The molecule has 0 aromatic carbocycles. The molecule has 1 saturated heterocycles. The first-order valence-corrected chi connectivity index (χ1v) is 9.44. The van der Waals surface area contributed by atoms with Crippen LogP contribution in [-0.2, 0) is 22.4 Å². The number of hydrogen-bond donors (Lipinski definition) is 0. The minimum absolute atomic E-state index is 0.0208. The number of likely N-dealkylation sites (tertiary alicyclic amines) is 1. The van der Waals surface area contributed by atoms with Crippen molar-refractivity contribution in [2.24, 2.45) is 5.92 Å². The largest absolute Gasteiger partial charge is 0.378 e. The number of methoxy groups -OCH3 is 1. The predicted molar refractivity (Wildman–Crippen MR) is 88.5 cm³/mol. The summed E-state index contributed by atoms with van der Waals surface area (Å²) in [7, 11) is 1.86. The molecule has 2 saturated carbocycles. The third kappa shape index (κ3) is 3.24. The summed E-state index contributed by atoms with van der Waals surface area (Å²) < 4.78 is 17.6. The lowest BCUT2D eigenvalue weighted by Crippen LogP contribution is -2.51. The molecule has 2 unspecified atom stereocenters. The van der Waals surface area contributed by atoms with E-state index in [-0.39, 0.29) is 5.60 Å². The summed E-state index contributed by atoms with van der Waals surface area (Å²) in [6, 6.07) is 0.387. The lowest BCUT2D eigenvalue weighted by Gasteiger charge is -2.43. The number of rotatable bonds is 7. The molecule has 24 heavy (non-hydrogen) atoms. The number of hydrogen-bond acceptors (Lipinski definition) is 6. The predicted octanol–water partition coefficient (Wildman–Crippen LogP) is 2.57. The molecule has 2 heterocycles. The van der Waals surface area contributed by atoms with Crippen LogP contribution in [0.1, 0.15) is 57.2 Å². The van der Waals surface area contributed by atoms with E-state index in [4.69, 9.17) is 14.0 Å². The molecule has 6 nitrogen and oxygen atoms in total. The molecule has 0 spiro atoms. The van der Waals surface area contributed by atoms with Gasteiger partial charge in [-0.15, -0.1) is 0 Å². The Bertz CT molecular complexity index is 559. The van der Waals surface area contributed by atoms with Gasteiger partial charge in [0.2, 0.25) is 5.89 Å². The van der Waals surface area contributed by atoms with Crippen molar-refractivity contribution in [3.63, 3.8) is 0 Å². The molecule has 3 aliphatic rings. The zero-order valence-electron chi connectivity index (χ0n) is 14.9. The number of aromatic nitrogens is 2. The zero-order chi connectivity index (χ0) is 16.6. The van der Waals surface area contributed by atoms with E-state index in [1.807, 2.05) is 14.0 Å². The average Bonchev–Trinajstić information content (AvgIpc) is 3.22. The van der Waals surface area contributed by atoms with Gasteiger partial charge in [-0.25, -0.2) is 0 Å². The number of nitrogens with zero attached hydrogens (tertiary/aromatic N) is 3. The van der Waals surface area contributed by atoms with Crippen LogP contribution in [-0.4, -0.2) is 53.0 Å². The van der Waals surface area contributed by atoms with Crippen LogP contribution < -0.4 is 0 Å². The van der Waals surface area contributed by atoms with E-state index in [1.165, 1.54) is 12.8 Å². The molecular formula is C18H29N3O3. The summed E-state index contributed by atoms with van der Waals surface area (Å²) >= 11 is 0. The first kappa shape index (κ1) is 16.5. The van der Waals surface area contributed by atoms with E-state index in [0.29, 0.717) is 12.1 Å². The molecule has 1 aromatic heterocycles. The number of aryl methyl sites for hydroxylation is 1. The Morgan fingerprint density at radius 3 is 2.88 bits per heavy atom. The molecule has 2 aliphatic carbocycles. The third-order valence-electron chi connectivity index (χ3n) is 6.08. The molecular weight excluding hydrogens is 306 g/mol. The maximum Gasteiger partial charge on any atom is 0.240 e. The highest BCUT2D eigenvalue weighted by atomic mass is 16.5. The van der Waals surface area contributed by atoms with Gasteiger partial charge in [-0.2, -0.15) is 4.98 Å². The Balaban J connectivity index is 1.42. The Morgan fingerprint density at radius 1 is 1.29 bits per heavy atom. The van der Waals surface area contributed by atoms with Crippen LogP contribution in [0.4, 0.5) is 0 Å². The minimum Gasteiger partial charge on any atom is -0.378 e. The Kier molecular flexibility index (Phi) is 4.62. The molecule has 0 amide bonds. The lowest BCUT2D eigenvalue weighted by molar-refractivity contribution is -0.104. The summed E-state index contributed by atoms with van der Waals surface area (Å²) in [5.74, 6) is 2.33. The van der Waals surface area contributed by atoms with Gasteiger partial charge in [0.15, 0.2) is 5.82 Å². The zero-order valence-corrected chi connectivity index (χ0v) is 14.9. The quantitative estimate of drug-likeness (QED) is 0.763. The number of fused-ring (bicyclic) bond motifs is 1. The molecule has 3 fully saturated rings. The Hall–Kier alpha value is -0.980. The maximum atomic E-state index is 6.19. The van der Waals surface area contributed by atoms with Gasteiger partial charge in [-0.05, 0) is 44.4 Å². The first-order valence-electron chi connectivity index (χ1n) is 9.44. The highest BCUT2D eigenvalue weighted by Crippen LogP contribution is 2.44. The van der Waals surface area contributed by atoms with Crippen LogP contribution in [0.2, 0.25) is 0 Å². The summed E-state index contributed by atoms with van der Waals surface area (Å²) in [5, 5.41) is 4.02.